The lowest BCUT2D eigenvalue weighted by Crippen LogP contribution is -2.43. The molecule has 2 atom stereocenters. The van der Waals surface area contributed by atoms with E-state index in [0.29, 0.717) is 0 Å². The van der Waals surface area contributed by atoms with Crippen molar-refractivity contribution in [2.24, 2.45) is 5.92 Å². The molecule has 2 rings (SSSR count). The summed E-state index contributed by atoms with van der Waals surface area (Å²) in [6.45, 7) is 1.99. The summed E-state index contributed by atoms with van der Waals surface area (Å²) in [5.74, 6) is -0.121. The predicted octanol–water partition coefficient (Wildman–Crippen LogP) is 1.40. The maximum atomic E-state index is 12.0. The Morgan fingerprint density at radius 3 is 2.32 bits per heavy atom. The van der Waals surface area contributed by atoms with Crippen molar-refractivity contribution in [3.63, 3.8) is 0 Å². The van der Waals surface area contributed by atoms with Crippen molar-refractivity contribution in [2.45, 2.75) is 63.7 Å². The number of nitrogens with one attached hydrogen (secondary N) is 1. The number of carbonyl (C=O) groups excluding carboxylic acids is 2. The van der Waals surface area contributed by atoms with Gasteiger partial charge in [0.15, 0.2) is 0 Å². The number of carbonyl (C=O) groups is 2. The van der Waals surface area contributed by atoms with Crippen molar-refractivity contribution < 1.29 is 19.1 Å². The molecule has 1 N–H and O–H groups in total. The molecule has 1 saturated carbocycles. The number of amides is 1. The van der Waals surface area contributed by atoms with Gasteiger partial charge in [-0.25, -0.2) is 0 Å². The van der Waals surface area contributed by atoms with Crippen LogP contribution in [0.1, 0.15) is 45.4 Å². The summed E-state index contributed by atoms with van der Waals surface area (Å²) in [6, 6.07) is 0.174. The molecule has 0 radical (unpaired) electrons. The van der Waals surface area contributed by atoms with Crippen LogP contribution < -0.4 is 5.32 Å². The van der Waals surface area contributed by atoms with Crippen LogP contribution in [0.5, 0.6) is 0 Å². The summed E-state index contributed by atoms with van der Waals surface area (Å²) in [4.78, 5) is 23.4. The normalized spacial score (nSPS) is 34.8. The quantitative estimate of drug-likeness (QED) is 0.787. The maximum absolute atomic E-state index is 12.0. The lowest BCUT2D eigenvalue weighted by molar-refractivity contribution is -0.146. The van der Waals surface area contributed by atoms with E-state index in [9.17, 15) is 9.59 Å². The first-order valence-electron chi connectivity index (χ1n) is 7.13. The molecule has 1 aliphatic carbocycles. The van der Waals surface area contributed by atoms with Crippen LogP contribution in [0, 0.1) is 5.92 Å². The van der Waals surface area contributed by atoms with Gasteiger partial charge in [0.2, 0.25) is 5.91 Å². The van der Waals surface area contributed by atoms with Gasteiger partial charge in [0.25, 0.3) is 0 Å². The van der Waals surface area contributed by atoms with Gasteiger partial charge in [-0.05, 0) is 45.4 Å². The van der Waals surface area contributed by atoms with Crippen LogP contribution in [0.25, 0.3) is 0 Å². The zero-order valence-corrected chi connectivity index (χ0v) is 11.7. The molecule has 108 valence electrons. The van der Waals surface area contributed by atoms with Crippen LogP contribution in [-0.4, -0.2) is 37.2 Å². The highest BCUT2D eigenvalue weighted by Gasteiger charge is 2.32. The largest absolute Gasteiger partial charge is 0.469 e. The second-order valence-corrected chi connectivity index (χ2v) is 5.59. The van der Waals surface area contributed by atoms with Crippen LogP contribution in [0.15, 0.2) is 0 Å². The summed E-state index contributed by atoms with van der Waals surface area (Å²) in [7, 11) is 1.43. The highest BCUT2D eigenvalue weighted by molar-refractivity contribution is 5.81. The summed E-state index contributed by atoms with van der Waals surface area (Å²) in [6.07, 6.45) is 4.93. The van der Waals surface area contributed by atoms with Gasteiger partial charge in [-0.1, -0.05) is 0 Å². The second kappa shape index (κ2) is 6.37. The molecule has 0 aromatic carbocycles. The number of hydrogen-bond acceptors (Lipinski definition) is 4. The molecule has 0 spiro atoms. The standard InChI is InChI=1S/C14H23NO4/c1-9-3-8-12(19-9)13(16)15-11-6-4-10(5-7-11)14(17)18-2/h9-12H,3-8H2,1-2H3,(H,15,16). The Hall–Kier alpha value is -1.10. The molecule has 0 bridgehead atoms. The van der Waals surface area contributed by atoms with Crippen molar-refractivity contribution >= 4 is 11.9 Å². The van der Waals surface area contributed by atoms with E-state index in [1.165, 1.54) is 7.11 Å². The lowest BCUT2D eigenvalue weighted by atomic mass is 9.86. The molecule has 2 unspecified atom stereocenters. The summed E-state index contributed by atoms with van der Waals surface area (Å²) >= 11 is 0. The van der Waals surface area contributed by atoms with E-state index in [2.05, 4.69) is 5.32 Å². The third-order valence-corrected chi connectivity index (χ3v) is 4.13. The maximum Gasteiger partial charge on any atom is 0.308 e. The van der Waals surface area contributed by atoms with Crippen LogP contribution >= 0.6 is 0 Å². The third-order valence-electron chi connectivity index (χ3n) is 4.13. The van der Waals surface area contributed by atoms with Gasteiger partial charge in [0, 0.05) is 6.04 Å². The smallest absolute Gasteiger partial charge is 0.308 e. The van der Waals surface area contributed by atoms with Crippen LogP contribution in [0.3, 0.4) is 0 Å². The van der Waals surface area contributed by atoms with Gasteiger partial charge < -0.3 is 14.8 Å². The Kier molecular flexibility index (Phi) is 4.80. The Balaban J connectivity index is 1.73. The van der Waals surface area contributed by atoms with Gasteiger partial charge >= 0.3 is 5.97 Å². The van der Waals surface area contributed by atoms with E-state index in [-0.39, 0.29) is 36.0 Å². The minimum atomic E-state index is -0.284. The van der Waals surface area contributed by atoms with E-state index in [4.69, 9.17) is 9.47 Å². The summed E-state index contributed by atoms with van der Waals surface area (Å²) in [5.41, 5.74) is 0. The molecule has 19 heavy (non-hydrogen) atoms. The van der Waals surface area contributed by atoms with E-state index in [1.807, 2.05) is 6.92 Å². The second-order valence-electron chi connectivity index (χ2n) is 5.59. The third kappa shape index (κ3) is 3.69. The van der Waals surface area contributed by atoms with Crippen molar-refractivity contribution in [3.05, 3.63) is 0 Å². The first-order valence-corrected chi connectivity index (χ1v) is 7.13. The van der Waals surface area contributed by atoms with Crippen molar-refractivity contribution in [3.8, 4) is 0 Å². The Morgan fingerprint density at radius 2 is 1.79 bits per heavy atom. The molecule has 1 heterocycles. The number of ether oxygens (including phenoxy) is 2. The average Bonchev–Trinajstić information content (AvgIpc) is 2.85. The number of rotatable bonds is 3. The van der Waals surface area contributed by atoms with E-state index >= 15 is 0 Å². The molecule has 5 heteroatoms. The highest BCUT2D eigenvalue weighted by atomic mass is 16.5. The van der Waals surface area contributed by atoms with Crippen LogP contribution in [0.4, 0.5) is 0 Å². The van der Waals surface area contributed by atoms with Gasteiger partial charge in [-0.15, -0.1) is 0 Å². The minimum Gasteiger partial charge on any atom is -0.469 e. The molecule has 1 amide bonds. The number of methoxy groups -OCH3 is 1. The van der Waals surface area contributed by atoms with Crippen molar-refractivity contribution in [1.82, 2.24) is 5.32 Å². The summed E-state index contributed by atoms with van der Waals surface area (Å²) < 4.78 is 10.3. The van der Waals surface area contributed by atoms with Crippen LogP contribution in [0.2, 0.25) is 0 Å². The number of esters is 1. The van der Waals surface area contributed by atoms with E-state index < -0.39 is 0 Å². The van der Waals surface area contributed by atoms with Gasteiger partial charge in [0.05, 0.1) is 19.1 Å². The van der Waals surface area contributed by atoms with Crippen molar-refractivity contribution in [1.29, 1.82) is 0 Å². The minimum absolute atomic E-state index is 0.000838. The predicted molar refractivity (Wildman–Crippen MR) is 69.5 cm³/mol. The highest BCUT2D eigenvalue weighted by Crippen LogP contribution is 2.26. The first-order chi connectivity index (χ1) is 9.10. The fourth-order valence-corrected chi connectivity index (χ4v) is 2.93. The first kappa shape index (κ1) is 14.3. The monoisotopic (exact) mass is 269 g/mol. The molecule has 0 aromatic heterocycles. The fraction of sp³-hybridized carbons (Fsp3) is 0.857. The Labute approximate surface area is 114 Å². The zero-order chi connectivity index (χ0) is 13.8. The van der Waals surface area contributed by atoms with E-state index in [0.717, 1.165) is 38.5 Å². The summed E-state index contributed by atoms with van der Waals surface area (Å²) in [5, 5.41) is 3.04. The SMILES string of the molecule is COC(=O)C1CCC(NC(=O)C2CCC(C)O2)CC1. The molecule has 1 saturated heterocycles. The molecule has 0 aromatic rings. The van der Waals surface area contributed by atoms with Crippen molar-refractivity contribution in [2.75, 3.05) is 7.11 Å². The molecule has 1 aliphatic heterocycles. The van der Waals surface area contributed by atoms with Gasteiger partial charge in [-0.2, -0.15) is 0 Å². The zero-order valence-electron chi connectivity index (χ0n) is 11.7. The van der Waals surface area contributed by atoms with Gasteiger partial charge in [-0.3, -0.25) is 9.59 Å². The molecule has 2 fully saturated rings. The molecule has 5 nitrogen and oxygen atoms in total. The fourth-order valence-electron chi connectivity index (χ4n) is 2.93. The molecular weight excluding hydrogens is 246 g/mol. The topological polar surface area (TPSA) is 64.6 Å². The number of hydrogen-bond donors (Lipinski definition) is 1. The molecular formula is C14H23NO4. The lowest BCUT2D eigenvalue weighted by Gasteiger charge is -2.28. The average molecular weight is 269 g/mol. The van der Waals surface area contributed by atoms with Crippen LogP contribution in [-0.2, 0) is 19.1 Å². The Bertz CT molecular complexity index is 336. The Morgan fingerprint density at radius 1 is 1.11 bits per heavy atom. The molecule has 2 aliphatic rings. The van der Waals surface area contributed by atoms with Gasteiger partial charge in [0.1, 0.15) is 6.10 Å². The van der Waals surface area contributed by atoms with E-state index in [1.54, 1.807) is 0 Å².